The predicted molar refractivity (Wildman–Crippen MR) is 82.4 cm³/mol. The number of hydrogen-bond acceptors (Lipinski definition) is 3. The van der Waals surface area contributed by atoms with Crippen LogP contribution in [0, 0.1) is 5.21 Å². The molecule has 1 N–H and O–H groups in total. The molecular weight excluding hydrogens is 308 g/mol. The zero-order valence-corrected chi connectivity index (χ0v) is 12.7. The Hall–Kier alpha value is -1.72. The summed E-state index contributed by atoms with van der Waals surface area (Å²) in [5.41, 5.74) is 1.11. The standard InChI is InChI=1S/C15H13ClN2O2S/c16-10-4-5-14-11(9-10)12(6-8-21-14)17-15(19)13-3-1-2-7-18(13)20/h1-5,7,9,12H,6,8H2,(H,17,19). The number of benzene rings is 1. The normalized spacial score (nSPS) is 17.1. The number of rotatable bonds is 2. The fourth-order valence-corrected chi connectivity index (χ4v) is 3.64. The average molecular weight is 321 g/mol. The molecule has 0 aliphatic carbocycles. The number of pyridine rings is 1. The van der Waals surface area contributed by atoms with Gasteiger partial charge < -0.3 is 10.5 Å². The first-order valence-electron chi connectivity index (χ1n) is 6.56. The van der Waals surface area contributed by atoms with Gasteiger partial charge in [0.05, 0.1) is 6.04 Å². The van der Waals surface area contributed by atoms with Gasteiger partial charge in [0.1, 0.15) is 0 Å². The Morgan fingerprint density at radius 1 is 1.38 bits per heavy atom. The van der Waals surface area contributed by atoms with E-state index in [1.54, 1.807) is 23.9 Å². The lowest BCUT2D eigenvalue weighted by atomic mass is 10.0. The van der Waals surface area contributed by atoms with Crippen molar-refractivity contribution < 1.29 is 9.52 Å². The van der Waals surface area contributed by atoms with Crippen molar-refractivity contribution in [2.45, 2.75) is 17.4 Å². The molecule has 1 unspecified atom stereocenters. The molecular formula is C15H13ClN2O2S. The highest BCUT2D eigenvalue weighted by atomic mass is 35.5. The van der Waals surface area contributed by atoms with Gasteiger partial charge in [-0.1, -0.05) is 11.6 Å². The summed E-state index contributed by atoms with van der Waals surface area (Å²) in [4.78, 5) is 13.4. The SMILES string of the molecule is O=C(NC1CCSc2ccc(Cl)cc21)c1cccc[n+]1[O-]. The third-order valence-corrected chi connectivity index (χ3v) is 4.73. The second kappa shape index (κ2) is 5.95. The van der Waals surface area contributed by atoms with E-state index in [1.165, 1.54) is 12.3 Å². The molecule has 1 amide bonds. The van der Waals surface area contributed by atoms with E-state index >= 15 is 0 Å². The summed E-state index contributed by atoms with van der Waals surface area (Å²) in [6.45, 7) is 0. The minimum atomic E-state index is -0.367. The Balaban J connectivity index is 1.85. The number of thioether (sulfide) groups is 1. The van der Waals surface area contributed by atoms with Crippen molar-refractivity contribution in [1.29, 1.82) is 0 Å². The molecule has 0 saturated carbocycles. The second-order valence-electron chi connectivity index (χ2n) is 4.76. The van der Waals surface area contributed by atoms with Crippen molar-refractivity contribution in [1.82, 2.24) is 5.32 Å². The van der Waals surface area contributed by atoms with Crippen LogP contribution in [0.1, 0.15) is 28.5 Å². The van der Waals surface area contributed by atoms with E-state index in [4.69, 9.17) is 11.6 Å². The van der Waals surface area contributed by atoms with Crippen LogP contribution in [0.4, 0.5) is 0 Å². The number of halogens is 1. The zero-order valence-electron chi connectivity index (χ0n) is 11.1. The zero-order chi connectivity index (χ0) is 14.8. The average Bonchev–Trinajstić information content (AvgIpc) is 2.48. The predicted octanol–water partition coefficient (Wildman–Crippen LogP) is 2.94. The van der Waals surface area contributed by atoms with Crippen LogP contribution in [-0.4, -0.2) is 11.7 Å². The summed E-state index contributed by atoms with van der Waals surface area (Å²) in [5.74, 6) is 0.555. The minimum Gasteiger partial charge on any atom is -0.618 e. The maximum absolute atomic E-state index is 12.3. The number of nitrogens with zero attached hydrogens (tertiary/aromatic N) is 1. The third-order valence-electron chi connectivity index (χ3n) is 3.37. The molecule has 0 spiro atoms. The Labute approximate surface area is 131 Å². The molecule has 4 nitrogen and oxygen atoms in total. The first-order chi connectivity index (χ1) is 10.1. The van der Waals surface area contributed by atoms with E-state index in [1.807, 2.05) is 18.2 Å². The maximum atomic E-state index is 12.3. The van der Waals surface area contributed by atoms with Crippen molar-refractivity contribution >= 4 is 29.3 Å². The highest BCUT2D eigenvalue weighted by Gasteiger charge is 2.25. The van der Waals surface area contributed by atoms with Crippen LogP contribution in [0.3, 0.4) is 0 Å². The molecule has 1 aliphatic rings. The van der Waals surface area contributed by atoms with Gasteiger partial charge in [-0.15, -0.1) is 11.8 Å². The van der Waals surface area contributed by atoms with Crippen LogP contribution in [0.25, 0.3) is 0 Å². The number of aromatic nitrogens is 1. The molecule has 1 aromatic carbocycles. The van der Waals surface area contributed by atoms with E-state index in [-0.39, 0.29) is 17.6 Å². The lowest BCUT2D eigenvalue weighted by Gasteiger charge is -2.25. The largest absolute Gasteiger partial charge is 0.618 e. The van der Waals surface area contributed by atoms with Crippen LogP contribution in [0.15, 0.2) is 47.5 Å². The molecule has 0 radical (unpaired) electrons. The van der Waals surface area contributed by atoms with Gasteiger partial charge in [-0.05, 0) is 36.2 Å². The van der Waals surface area contributed by atoms with Gasteiger partial charge in [0.15, 0.2) is 6.20 Å². The molecule has 3 rings (SSSR count). The number of amides is 1. The van der Waals surface area contributed by atoms with Gasteiger partial charge in [-0.25, -0.2) is 0 Å². The van der Waals surface area contributed by atoms with Crippen LogP contribution in [-0.2, 0) is 0 Å². The molecule has 1 atom stereocenters. The molecule has 2 heterocycles. The van der Waals surface area contributed by atoms with Crippen molar-refractivity contribution in [3.63, 3.8) is 0 Å². The van der Waals surface area contributed by atoms with Gasteiger partial charge in [-0.3, -0.25) is 4.79 Å². The summed E-state index contributed by atoms with van der Waals surface area (Å²) >= 11 is 7.79. The van der Waals surface area contributed by atoms with Gasteiger partial charge in [0.2, 0.25) is 0 Å². The number of carbonyl (C=O) groups excluding carboxylic acids is 1. The van der Waals surface area contributed by atoms with E-state index in [2.05, 4.69) is 5.32 Å². The topological polar surface area (TPSA) is 56.0 Å². The molecule has 0 saturated heterocycles. The lowest BCUT2D eigenvalue weighted by molar-refractivity contribution is -0.607. The number of carbonyl (C=O) groups is 1. The first-order valence-corrected chi connectivity index (χ1v) is 7.93. The number of fused-ring (bicyclic) bond motifs is 1. The van der Waals surface area contributed by atoms with E-state index < -0.39 is 0 Å². The highest BCUT2D eigenvalue weighted by molar-refractivity contribution is 7.99. The monoisotopic (exact) mass is 320 g/mol. The van der Waals surface area contributed by atoms with E-state index in [0.29, 0.717) is 9.75 Å². The highest BCUT2D eigenvalue weighted by Crippen LogP contribution is 2.37. The summed E-state index contributed by atoms with van der Waals surface area (Å²) < 4.78 is 0.575. The Kier molecular flexibility index (Phi) is 4.03. The molecule has 21 heavy (non-hydrogen) atoms. The fraction of sp³-hybridized carbons (Fsp3) is 0.200. The van der Waals surface area contributed by atoms with Crippen LogP contribution in [0.2, 0.25) is 5.02 Å². The Morgan fingerprint density at radius 2 is 2.24 bits per heavy atom. The molecule has 108 valence electrons. The summed E-state index contributed by atoms with van der Waals surface area (Å²) in [7, 11) is 0. The summed E-state index contributed by atoms with van der Waals surface area (Å²) in [6, 6.07) is 10.4. The minimum absolute atomic E-state index is 0.0966. The van der Waals surface area contributed by atoms with E-state index in [9.17, 15) is 10.0 Å². The van der Waals surface area contributed by atoms with Crippen LogP contribution >= 0.6 is 23.4 Å². The molecule has 0 fully saturated rings. The summed E-state index contributed by atoms with van der Waals surface area (Å²) in [6.07, 6.45) is 2.13. The van der Waals surface area contributed by atoms with Gasteiger partial charge in [0.25, 0.3) is 5.69 Å². The van der Waals surface area contributed by atoms with Gasteiger partial charge in [-0.2, -0.15) is 4.73 Å². The van der Waals surface area contributed by atoms with Gasteiger partial charge >= 0.3 is 5.91 Å². The Bertz CT molecular complexity index is 693. The maximum Gasteiger partial charge on any atom is 0.317 e. The molecule has 2 aromatic rings. The van der Waals surface area contributed by atoms with Crippen molar-refractivity contribution in [3.05, 3.63) is 64.1 Å². The molecule has 1 aliphatic heterocycles. The smallest absolute Gasteiger partial charge is 0.317 e. The third kappa shape index (κ3) is 2.99. The molecule has 6 heteroatoms. The van der Waals surface area contributed by atoms with Gasteiger partial charge in [0, 0.05) is 27.8 Å². The van der Waals surface area contributed by atoms with Crippen LogP contribution < -0.4 is 10.0 Å². The second-order valence-corrected chi connectivity index (χ2v) is 6.33. The lowest BCUT2D eigenvalue weighted by Crippen LogP contribution is -2.40. The summed E-state index contributed by atoms with van der Waals surface area (Å²) in [5, 5.41) is 15.2. The molecule has 0 bridgehead atoms. The van der Waals surface area contributed by atoms with Crippen molar-refractivity contribution in [2.75, 3.05) is 5.75 Å². The quantitative estimate of drug-likeness (QED) is 0.683. The molecule has 1 aromatic heterocycles. The van der Waals surface area contributed by atoms with Crippen molar-refractivity contribution in [3.8, 4) is 0 Å². The van der Waals surface area contributed by atoms with E-state index in [0.717, 1.165) is 22.6 Å². The van der Waals surface area contributed by atoms with Crippen molar-refractivity contribution in [2.24, 2.45) is 0 Å². The fourth-order valence-electron chi connectivity index (χ4n) is 2.35. The first kappa shape index (κ1) is 14.2. The number of nitrogens with one attached hydrogen (secondary N) is 1. The Morgan fingerprint density at radius 3 is 3.05 bits per heavy atom. The number of hydrogen-bond donors (Lipinski definition) is 1. The van der Waals surface area contributed by atoms with Crippen LogP contribution in [0.5, 0.6) is 0 Å².